The quantitative estimate of drug-likeness (QED) is 0.577. The summed E-state index contributed by atoms with van der Waals surface area (Å²) < 4.78 is 5.95. The van der Waals surface area contributed by atoms with E-state index < -0.39 is 0 Å². The molecule has 0 saturated heterocycles. The van der Waals surface area contributed by atoms with E-state index in [1.807, 2.05) is 12.1 Å². The molecular weight excluding hydrogens is 322 g/mol. The van der Waals surface area contributed by atoms with Crippen molar-refractivity contribution in [2.24, 2.45) is 10.7 Å². The van der Waals surface area contributed by atoms with Crippen molar-refractivity contribution in [2.75, 3.05) is 19.7 Å². The Bertz CT molecular complexity index is 611. The maximum atomic E-state index is 5.95. The van der Waals surface area contributed by atoms with Gasteiger partial charge in [-0.3, -0.25) is 4.99 Å². The molecular formula is C22H33N3O. The van der Waals surface area contributed by atoms with E-state index in [1.54, 1.807) is 0 Å². The van der Waals surface area contributed by atoms with Crippen LogP contribution in [0.2, 0.25) is 0 Å². The van der Waals surface area contributed by atoms with E-state index in [2.05, 4.69) is 29.6 Å². The molecule has 2 aliphatic rings. The number of aliphatic imine (C=N–C) groups is 1. The summed E-state index contributed by atoms with van der Waals surface area (Å²) in [4.78, 5) is 4.88. The molecule has 0 radical (unpaired) electrons. The minimum Gasteiger partial charge on any atom is -0.494 e. The lowest BCUT2D eigenvalue weighted by molar-refractivity contribution is 0.305. The minimum atomic E-state index is 0.172. The van der Waals surface area contributed by atoms with Gasteiger partial charge in [-0.15, -0.1) is 0 Å². The maximum absolute atomic E-state index is 5.95. The highest BCUT2D eigenvalue weighted by atomic mass is 16.5. The van der Waals surface area contributed by atoms with E-state index >= 15 is 0 Å². The van der Waals surface area contributed by atoms with Gasteiger partial charge < -0.3 is 15.8 Å². The van der Waals surface area contributed by atoms with Crippen LogP contribution in [0.1, 0.15) is 56.9 Å². The molecule has 1 aromatic carbocycles. The summed E-state index contributed by atoms with van der Waals surface area (Å²) in [6.07, 6.45) is 14.0. The number of nitrogens with one attached hydrogen (secondary N) is 1. The van der Waals surface area contributed by atoms with E-state index in [9.17, 15) is 0 Å². The molecule has 1 aromatic rings. The predicted molar refractivity (Wildman–Crippen MR) is 109 cm³/mol. The number of ether oxygens (including phenoxy) is 1. The van der Waals surface area contributed by atoms with Gasteiger partial charge in [-0.2, -0.15) is 0 Å². The molecule has 4 nitrogen and oxygen atoms in total. The Hall–Kier alpha value is -1.65. The first-order chi connectivity index (χ1) is 12.8. The zero-order valence-corrected chi connectivity index (χ0v) is 15.8. The third-order valence-corrected chi connectivity index (χ3v) is 5.22. The molecule has 2 unspecified atom stereocenters. The van der Waals surface area contributed by atoms with Crippen LogP contribution < -0.4 is 15.8 Å². The van der Waals surface area contributed by atoms with E-state index in [0.29, 0.717) is 12.6 Å². The Balaban J connectivity index is 1.46. The van der Waals surface area contributed by atoms with Gasteiger partial charge in [0.05, 0.1) is 6.61 Å². The van der Waals surface area contributed by atoms with Crippen LogP contribution in [0, 0.1) is 0 Å². The van der Waals surface area contributed by atoms with Gasteiger partial charge in [-0.1, -0.05) is 50.0 Å². The smallest absolute Gasteiger partial charge is 0.119 e. The van der Waals surface area contributed by atoms with Crippen molar-refractivity contribution >= 4 is 5.71 Å². The summed E-state index contributed by atoms with van der Waals surface area (Å²) in [5.41, 5.74) is 8.35. The molecule has 1 heterocycles. The molecule has 0 amide bonds. The lowest BCUT2D eigenvalue weighted by atomic mass is 9.98. The van der Waals surface area contributed by atoms with Crippen molar-refractivity contribution in [1.82, 2.24) is 5.32 Å². The molecule has 3 N–H and O–H groups in total. The van der Waals surface area contributed by atoms with Gasteiger partial charge in [0.2, 0.25) is 0 Å². The fraction of sp³-hybridized carbons (Fsp3) is 0.591. The average molecular weight is 356 g/mol. The van der Waals surface area contributed by atoms with Gasteiger partial charge in [0, 0.05) is 24.3 Å². The number of nitrogens with zero attached hydrogens (tertiary/aromatic N) is 1. The normalized spacial score (nSPS) is 23.8. The molecule has 142 valence electrons. The summed E-state index contributed by atoms with van der Waals surface area (Å²) in [6, 6.07) is 8.96. The second-order valence-electron chi connectivity index (χ2n) is 7.37. The van der Waals surface area contributed by atoms with Crippen LogP contribution in [0.5, 0.6) is 5.75 Å². The van der Waals surface area contributed by atoms with Crippen LogP contribution >= 0.6 is 0 Å². The van der Waals surface area contributed by atoms with Crippen LogP contribution in [0.3, 0.4) is 0 Å². The Morgan fingerprint density at radius 2 is 1.92 bits per heavy atom. The highest BCUT2D eigenvalue weighted by molar-refractivity contribution is 6.00. The van der Waals surface area contributed by atoms with Crippen LogP contribution in [0.4, 0.5) is 0 Å². The molecule has 0 aromatic heterocycles. The fourth-order valence-corrected chi connectivity index (χ4v) is 3.49. The monoisotopic (exact) mass is 355 g/mol. The SMILES string of the molecule is NC1C=CC1NCCCOc1cccc(C2=NCCCCCCCC2)c1. The van der Waals surface area contributed by atoms with Gasteiger partial charge in [0.15, 0.2) is 0 Å². The van der Waals surface area contributed by atoms with Gasteiger partial charge in [0.25, 0.3) is 0 Å². The molecule has 3 rings (SSSR count). The number of hydrogen-bond donors (Lipinski definition) is 2. The van der Waals surface area contributed by atoms with Gasteiger partial charge in [0.1, 0.15) is 5.75 Å². The molecule has 0 bridgehead atoms. The molecule has 1 aliphatic carbocycles. The topological polar surface area (TPSA) is 59.6 Å². The molecule has 1 aliphatic heterocycles. The van der Waals surface area contributed by atoms with Crippen LogP contribution in [0.15, 0.2) is 41.4 Å². The number of nitrogens with two attached hydrogens (primary N) is 1. The van der Waals surface area contributed by atoms with E-state index in [0.717, 1.165) is 31.7 Å². The first kappa shape index (κ1) is 19.1. The van der Waals surface area contributed by atoms with Gasteiger partial charge in [-0.05, 0) is 49.9 Å². The molecule has 0 fully saturated rings. The second kappa shape index (κ2) is 10.5. The van der Waals surface area contributed by atoms with Crippen LogP contribution in [-0.4, -0.2) is 37.5 Å². The molecule has 0 saturated carbocycles. The van der Waals surface area contributed by atoms with Crippen LogP contribution in [-0.2, 0) is 0 Å². The standard InChI is InChI=1S/C22H33N3O/c23-20-12-13-22(20)25-15-8-16-26-19-10-7-9-18(17-19)21-11-5-3-1-2-4-6-14-24-21/h7,9-10,12-13,17,20,22,25H,1-6,8,11,14-16,23H2. The zero-order valence-electron chi connectivity index (χ0n) is 15.8. The summed E-state index contributed by atoms with van der Waals surface area (Å²) >= 11 is 0. The van der Waals surface area contributed by atoms with Crippen molar-refractivity contribution in [3.8, 4) is 5.75 Å². The van der Waals surface area contributed by atoms with Gasteiger partial charge in [-0.25, -0.2) is 0 Å². The molecule has 26 heavy (non-hydrogen) atoms. The molecule has 4 heteroatoms. The van der Waals surface area contributed by atoms with Crippen molar-refractivity contribution in [3.05, 3.63) is 42.0 Å². The third kappa shape index (κ3) is 5.96. The maximum Gasteiger partial charge on any atom is 0.119 e. The fourth-order valence-electron chi connectivity index (χ4n) is 3.49. The molecule has 2 atom stereocenters. The average Bonchev–Trinajstić information content (AvgIpc) is 2.67. The molecule has 0 spiro atoms. The Morgan fingerprint density at radius 3 is 2.73 bits per heavy atom. The zero-order chi connectivity index (χ0) is 18.0. The Morgan fingerprint density at radius 1 is 1.08 bits per heavy atom. The highest BCUT2D eigenvalue weighted by Gasteiger charge is 2.18. The van der Waals surface area contributed by atoms with Gasteiger partial charge >= 0.3 is 0 Å². The first-order valence-electron chi connectivity index (χ1n) is 10.3. The van der Waals surface area contributed by atoms with Crippen molar-refractivity contribution < 1.29 is 4.74 Å². The predicted octanol–water partition coefficient (Wildman–Crippen LogP) is 3.84. The van der Waals surface area contributed by atoms with Crippen LogP contribution in [0.25, 0.3) is 0 Å². The third-order valence-electron chi connectivity index (χ3n) is 5.22. The largest absolute Gasteiger partial charge is 0.494 e. The van der Waals surface area contributed by atoms with E-state index in [1.165, 1.54) is 49.8 Å². The van der Waals surface area contributed by atoms with Crippen molar-refractivity contribution in [3.63, 3.8) is 0 Å². The lowest BCUT2D eigenvalue weighted by Gasteiger charge is -2.26. The minimum absolute atomic E-state index is 0.172. The summed E-state index contributed by atoms with van der Waals surface area (Å²) in [5.74, 6) is 0.947. The summed E-state index contributed by atoms with van der Waals surface area (Å²) in [5, 5.41) is 3.43. The summed E-state index contributed by atoms with van der Waals surface area (Å²) in [7, 11) is 0. The Labute approximate surface area is 157 Å². The number of rotatable bonds is 7. The van der Waals surface area contributed by atoms with Crippen molar-refractivity contribution in [2.45, 2.75) is 63.5 Å². The van der Waals surface area contributed by atoms with E-state index in [4.69, 9.17) is 15.5 Å². The second-order valence-corrected chi connectivity index (χ2v) is 7.37. The lowest BCUT2D eigenvalue weighted by Crippen LogP contribution is -2.48. The number of benzene rings is 1. The van der Waals surface area contributed by atoms with Crippen molar-refractivity contribution in [1.29, 1.82) is 0 Å². The van der Waals surface area contributed by atoms with E-state index in [-0.39, 0.29) is 6.04 Å². The number of hydrogen-bond acceptors (Lipinski definition) is 4. The highest BCUT2D eigenvalue weighted by Crippen LogP contribution is 2.19. The summed E-state index contributed by atoms with van der Waals surface area (Å²) in [6.45, 7) is 2.60. The first-order valence-corrected chi connectivity index (χ1v) is 10.3. The Kier molecular flexibility index (Phi) is 7.71.